The highest BCUT2D eigenvalue weighted by atomic mass is 32.1. The van der Waals surface area contributed by atoms with E-state index in [4.69, 9.17) is 4.74 Å². The van der Waals surface area contributed by atoms with Crippen LogP contribution in [0.3, 0.4) is 0 Å². The SMILES string of the molecule is C[C@@H](NC(=O)COC(=O)c1cc(-c2cccs2)nc2ccccc12)c1ccccc1. The number of carbonyl (C=O) groups is 2. The van der Waals surface area contributed by atoms with Gasteiger partial charge in [-0.05, 0) is 36.1 Å². The maximum Gasteiger partial charge on any atom is 0.339 e. The van der Waals surface area contributed by atoms with Gasteiger partial charge in [0, 0.05) is 5.39 Å². The van der Waals surface area contributed by atoms with Gasteiger partial charge in [0.05, 0.1) is 27.7 Å². The Morgan fingerprint density at radius 3 is 2.57 bits per heavy atom. The van der Waals surface area contributed by atoms with Crippen molar-refractivity contribution in [2.45, 2.75) is 13.0 Å². The summed E-state index contributed by atoms with van der Waals surface area (Å²) in [6.45, 7) is 1.54. The van der Waals surface area contributed by atoms with Crippen molar-refractivity contribution in [1.29, 1.82) is 0 Å². The van der Waals surface area contributed by atoms with Gasteiger partial charge in [-0.1, -0.05) is 54.6 Å². The van der Waals surface area contributed by atoms with Crippen LogP contribution in [0.4, 0.5) is 0 Å². The van der Waals surface area contributed by atoms with Gasteiger partial charge in [-0.25, -0.2) is 9.78 Å². The van der Waals surface area contributed by atoms with Gasteiger partial charge in [-0.2, -0.15) is 0 Å². The quantitative estimate of drug-likeness (QED) is 0.449. The van der Waals surface area contributed by atoms with Gasteiger partial charge in [0.15, 0.2) is 6.61 Å². The molecule has 5 nitrogen and oxygen atoms in total. The summed E-state index contributed by atoms with van der Waals surface area (Å²) in [4.78, 5) is 30.7. The molecule has 0 aliphatic rings. The van der Waals surface area contributed by atoms with Crippen molar-refractivity contribution >= 4 is 34.1 Å². The molecule has 0 fully saturated rings. The molecule has 6 heteroatoms. The van der Waals surface area contributed by atoms with Crippen LogP contribution in [-0.2, 0) is 9.53 Å². The first-order valence-electron chi connectivity index (χ1n) is 9.57. The molecule has 2 aromatic carbocycles. The van der Waals surface area contributed by atoms with Gasteiger partial charge >= 0.3 is 5.97 Å². The minimum atomic E-state index is -0.547. The molecule has 0 aliphatic carbocycles. The van der Waals surface area contributed by atoms with Crippen LogP contribution in [-0.4, -0.2) is 23.5 Å². The fourth-order valence-corrected chi connectivity index (χ4v) is 3.90. The summed E-state index contributed by atoms with van der Waals surface area (Å²) in [5.74, 6) is -0.898. The molecule has 0 aliphatic heterocycles. The van der Waals surface area contributed by atoms with E-state index < -0.39 is 5.97 Å². The van der Waals surface area contributed by atoms with E-state index in [1.807, 2.05) is 79.0 Å². The highest BCUT2D eigenvalue weighted by Gasteiger charge is 2.17. The van der Waals surface area contributed by atoms with Crippen LogP contribution >= 0.6 is 11.3 Å². The summed E-state index contributed by atoms with van der Waals surface area (Å²) in [7, 11) is 0. The molecular formula is C24H20N2O3S. The third-order valence-electron chi connectivity index (χ3n) is 4.72. The number of pyridine rings is 1. The largest absolute Gasteiger partial charge is 0.452 e. The Balaban J connectivity index is 1.50. The first-order valence-corrected chi connectivity index (χ1v) is 10.4. The molecule has 0 unspecified atom stereocenters. The lowest BCUT2D eigenvalue weighted by molar-refractivity contribution is -0.124. The molecule has 4 aromatic rings. The van der Waals surface area contributed by atoms with E-state index in [0.29, 0.717) is 22.2 Å². The third kappa shape index (κ3) is 4.39. The summed E-state index contributed by atoms with van der Waals surface area (Å²) in [5, 5.41) is 5.50. The van der Waals surface area contributed by atoms with Gasteiger partial charge in [-0.15, -0.1) is 11.3 Å². The van der Waals surface area contributed by atoms with E-state index in [0.717, 1.165) is 10.4 Å². The van der Waals surface area contributed by atoms with Crippen LogP contribution in [0.15, 0.2) is 78.2 Å². The predicted molar refractivity (Wildman–Crippen MR) is 118 cm³/mol. The van der Waals surface area contributed by atoms with Crippen LogP contribution in [0.1, 0.15) is 28.9 Å². The summed E-state index contributed by atoms with van der Waals surface area (Å²) < 4.78 is 5.33. The molecule has 0 spiro atoms. The van der Waals surface area contributed by atoms with Crippen molar-refractivity contribution in [3.8, 4) is 10.6 Å². The van der Waals surface area contributed by atoms with Crippen LogP contribution in [0.2, 0.25) is 0 Å². The van der Waals surface area contributed by atoms with E-state index >= 15 is 0 Å². The molecule has 4 rings (SSSR count). The van der Waals surface area contributed by atoms with Crippen molar-refractivity contribution in [1.82, 2.24) is 10.3 Å². The molecule has 0 saturated carbocycles. The van der Waals surface area contributed by atoms with E-state index in [2.05, 4.69) is 10.3 Å². The Morgan fingerprint density at radius 2 is 1.80 bits per heavy atom. The zero-order chi connectivity index (χ0) is 20.9. The van der Waals surface area contributed by atoms with Crippen molar-refractivity contribution in [3.05, 3.63) is 89.3 Å². The van der Waals surface area contributed by atoms with Crippen molar-refractivity contribution in [2.75, 3.05) is 6.61 Å². The molecule has 2 aromatic heterocycles. The number of hydrogen-bond donors (Lipinski definition) is 1. The van der Waals surface area contributed by atoms with E-state index in [9.17, 15) is 9.59 Å². The number of nitrogens with one attached hydrogen (secondary N) is 1. The number of aromatic nitrogens is 1. The average molecular weight is 417 g/mol. The summed E-state index contributed by atoms with van der Waals surface area (Å²) >= 11 is 1.55. The minimum Gasteiger partial charge on any atom is -0.452 e. The topological polar surface area (TPSA) is 68.3 Å². The number of carbonyl (C=O) groups excluding carboxylic acids is 2. The molecule has 1 N–H and O–H groups in total. The second kappa shape index (κ2) is 8.88. The number of thiophene rings is 1. The number of fused-ring (bicyclic) bond motifs is 1. The Bertz CT molecular complexity index is 1170. The molecule has 0 bridgehead atoms. The lowest BCUT2D eigenvalue weighted by Gasteiger charge is -2.14. The number of hydrogen-bond acceptors (Lipinski definition) is 5. The standard InChI is InChI=1S/C24H20N2O3S/c1-16(17-8-3-2-4-9-17)25-23(27)15-29-24(28)19-14-21(22-12-7-13-30-22)26-20-11-6-5-10-18(19)20/h2-14,16H,15H2,1H3,(H,25,27)/t16-/m1/s1. The summed E-state index contributed by atoms with van der Waals surface area (Å²) in [5.41, 5.74) is 2.79. The Labute approximate surface area is 178 Å². The smallest absolute Gasteiger partial charge is 0.339 e. The van der Waals surface area contributed by atoms with Crippen LogP contribution in [0, 0.1) is 0 Å². The molecule has 0 saturated heterocycles. The summed E-state index contributed by atoms with van der Waals surface area (Å²) in [6.07, 6.45) is 0. The molecule has 1 amide bonds. The molecule has 1 atom stereocenters. The van der Waals surface area contributed by atoms with Crippen LogP contribution in [0.25, 0.3) is 21.5 Å². The first kappa shape index (κ1) is 19.8. The number of nitrogens with zero attached hydrogens (tertiary/aromatic N) is 1. The van der Waals surface area contributed by atoms with Crippen molar-refractivity contribution in [2.24, 2.45) is 0 Å². The normalized spacial score (nSPS) is 11.8. The number of benzene rings is 2. The lowest BCUT2D eigenvalue weighted by Crippen LogP contribution is -2.31. The number of para-hydroxylation sites is 1. The highest BCUT2D eigenvalue weighted by molar-refractivity contribution is 7.13. The maximum atomic E-state index is 12.8. The van der Waals surface area contributed by atoms with Crippen molar-refractivity contribution in [3.63, 3.8) is 0 Å². The first-order chi connectivity index (χ1) is 14.6. The van der Waals surface area contributed by atoms with Gasteiger partial charge in [-0.3, -0.25) is 4.79 Å². The molecule has 30 heavy (non-hydrogen) atoms. The lowest BCUT2D eigenvalue weighted by atomic mass is 10.1. The molecule has 150 valence electrons. The number of esters is 1. The number of rotatable bonds is 6. The molecule has 0 radical (unpaired) electrons. The minimum absolute atomic E-state index is 0.176. The fraction of sp³-hybridized carbons (Fsp3) is 0.125. The maximum absolute atomic E-state index is 12.8. The molecular weight excluding hydrogens is 396 g/mol. The highest BCUT2D eigenvalue weighted by Crippen LogP contribution is 2.28. The zero-order valence-electron chi connectivity index (χ0n) is 16.4. The third-order valence-corrected chi connectivity index (χ3v) is 5.61. The fourth-order valence-electron chi connectivity index (χ4n) is 3.21. The Morgan fingerprint density at radius 1 is 1.03 bits per heavy atom. The van der Waals surface area contributed by atoms with Crippen molar-refractivity contribution < 1.29 is 14.3 Å². The van der Waals surface area contributed by atoms with Crippen LogP contribution in [0.5, 0.6) is 0 Å². The van der Waals surface area contributed by atoms with E-state index in [1.54, 1.807) is 17.4 Å². The van der Waals surface area contributed by atoms with E-state index in [1.165, 1.54) is 0 Å². The molecule has 2 heterocycles. The predicted octanol–water partition coefficient (Wildman–Crippen LogP) is 5.00. The van der Waals surface area contributed by atoms with Gasteiger partial charge < -0.3 is 10.1 Å². The van der Waals surface area contributed by atoms with Gasteiger partial charge in [0.25, 0.3) is 5.91 Å². The number of amides is 1. The van der Waals surface area contributed by atoms with Gasteiger partial charge in [0.2, 0.25) is 0 Å². The monoisotopic (exact) mass is 416 g/mol. The second-order valence-corrected chi connectivity index (χ2v) is 7.77. The Kier molecular flexibility index (Phi) is 5.86. The van der Waals surface area contributed by atoms with Crippen LogP contribution < -0.4 is 5.32 Å². The summed E-state index contributed by atoms with van der Waals surface area (Å²) in [6, 6.07) is 22.5. The van der Waals surface area contributed by atoms with E-state index in [-0.39, 0.29) is 18.6 Å². The average Bonchev–Trinajstić information content (AvgIpc) is 3.32. The van der Waals surface area contributed by atoms with Gasteiger partial charge in [0.1, 0.15) is 0 Å². The Hall–Kier alpha value is -3.51. The zero-order valence-corrected chi connectivity index (χ0v) is 17.2. The second-order valence-electron chi connectivity index (χ2n) is 6.83. The number of ether oxygens (including phenoxy) is 1.